The van der Waals surface area contributed by atoms with Crippen LogP contribution in [0.2, 0.25) is 0 Å². The average Bonchev–Trinajstić information content (AvgIpc) is 2.76. The minimum absolute atomic E-state index is 0.342. The van der Waals surface area contributed by atoms with Crippen molar-refractivity contribution in [1.29, 1.82) is 0 Å². The predicted molar refractivity (Wildman–Crippen MR) is 60.6 cm³/mol. The third-order valence-electron chi connectivity index (χ3n) is 3.84. The number of hydrogen-bond donors (Lipinski definition) is 1. The van der Waals surface area contributed by atoms with Crippen LogP contribution < -0.4 is 5.73 Å². The molecule has 0 unspecified atom stereocenters. The molecule has 5 heteroatoms. The molecule has 1 saturated carbocycles. The van der Waals surface area contributed by atoms with Gasteiger partial charge in [-0.05, 0) is 30.5 Å². The molecule has 18 heavy (non-hydrogen) atoms. The van der Waals surface area contributed by atoms with Gasteiger partial charge in [-0.1, -0.05) is 18.9 Å². The Morgan fingerprint density at radius 2 is 1.78 bits per heavy atom. The van der Waals surface area contributed by atoms with Gasteiger partial charge in [0.1, 0.15) is 5.82 Å². The van der Waals surface area contributed by atoms with E-state index in [1.54, 1.807) is 0 Å². The predicted octanol–water partition coefficient (Wildman–Crippen LogP) is 3.62. The van der Waals surface area contributed by atoms with Gasteiger partial charge in [0.25, 0.3) is 0 Å². The fraction of sp³-hybridized carbons (Fsp3) is 0.538. The summed E-state index contributed by atoms with van der Waals surface area (Å²) in [5.41, 5.74) is 4.77. The summed E-state index contributed by atoms with van der Waals surface area (Å²) in [4.78, 5) is 0. The van der Waals surface area contributed by atoms with Crippen molar-refractivity contribution < 1.29 is 17.6 Å². The van der Waals surface area contributed by atoms with E-state index >= 15 is 0 Å². The van der Waals surface area contributed by atoms with Gasteiger partial charge in [-0.3, -0.25) is 0 Å². The Hall–Kier alpha value is -1.10. The number of benzene rings is 1. The smallest absolute Gasteiger partial charge is 0.330 e. The fourth-order valence-corrected chi connectivity index (χ4v) is 2.74. The summed E-state index contributed by atoms with van der Waals surface area (Å²) in [6.07, 6.45) is -1.05. The quantitative estimate of drug-likeness (QED) is 0.808. The van der Waals surface area contributed by atoms with Crippen LogP contribution in [0.4, 0.5) is 17.6 Å². The molecule has 0 saturated heterocycles. The fourth-order valence-electron chi connectivity index (χ4n) is 2.74. The van der Waals surface area contributed by atoms with Crippen LogP contribution in [0.1, 0.15) is 36.8 Å². The second kappa shape index (κ2) is 4.53. The first kappa shape index (κ1) is 13.3. The molecule has 0 atom stereocenters. The summed E-state index contributed by atoms with van der Waals surface area (Å²) in [5, 5.41) is 0. The molecule has 0 bridgehead atoms. The normalized spacial score (nSPS) is 19.2. The summed E-state index contributed by atoms with van der Waals surface area (Å²) < 4.78 is 51.0. The van der Waals surface area contributed by atoms with Crippen molar-refractivity contribution in [3.05, 3.63) is 35.1 Å². The SMILES string of the molecule is NCC1(c2ccc(C(F)(F)F)c(F)c2)CCCC1. The van der Waals surface area contributed by atoms with E-state index in [-0.39, 0.29) is 5.41 Å². The molecule has 1 aliphatic rings. The number of halogens is 4. The van der Waals surface area contributed by atoms with Crippen LogP contribution in [0.15, 0.2) is 18.2 Å². The van der Waals surface area contributed by atoms with Gasteiger partial charge in [-0.2, -0.15) is 13.2 Å². The molecule has 0 amide bonds. The third-order valence-corrected chi connectivity index (χ3v) is 3.84. The average molecular weight is 261 g/mol. The maximum atomic E-state index is 13.5. The molecule has 0 radical (unpaired) electrons. The van der Waals surface area contributed by atoms with Crippen LogP contribution in [0, 0.1) is 5.82 Å². The Morgan fingerprint density at radius 3 is 2.22 bits per heavy atom. The van der Waals surface area contributed by atoms with Crippen molar-refractivity contribution >= 4 is 0 Å². The van der Waals surface area contributed by atoms with Crippen LogP contribution in [-0.2, 0) is 11.6 Å². The lowest BCUT2D eigenvalue weighted by Crippen LogP contribution is -2.32. The minimum atomic E-state index is -4.64. The molecular formula is C13H15F4N. The van der Waals surface area contributed by atoms with Gasteiger partial charge in [0, 0.05) is 12.0 Å². The molecule has 1 nitrogen and oxygen atoms in total. The van der Waals surface area contributed by atoms with E-state index in [2.05, 4.69) is 0 Å². The highest BCUT2D eigenvalue weighted by molar-refractivity contribution is 5.33. The Labute approximate surface area is 103 Å². The Bertz CT molecular complexity index is 433. The first-order valence-electron chi connectivity index (χ1n) is 5.96. The van der Waals surface area contributed by atoms with Crippen LogP contribution in [0.3, 0.4) is 0 Å². The Balaban J connectivity index is 2.40. The van der Waals surface area contributed by atoms with Gasteiger partial charge in [-0.25, -0.2) is 4.39 Å². The monoisotopic (exact) mass is 261 g/mol. The molecule has 0 heterocycles. The van der Waals surface area contributed by atoms with Crippen molar-refractivity contribution in [2.75, 3.05) is 6.54 Å². The van der Waals surface area contributed by atoms with E-state index in [0.29, 0.717) is 12.1 Å². The Morgan fingerprint density at radius 1 is 1.17 bits per heavy atom. The van der Waals surface area contributed by atoms with Crippen molar-refractivity contribution in [2.24, 2.45) is 5.73 Å². The highest BCUT2D eigenvalue weighted by atomic mass is 19.4. The molecule has 0 spiro atoms. The van der Waals surface area contributed by atoms with E-state index in [0.717, 1.165) is 37.8 Å². The number of rotatable bonds is 2. The van der Waals surface area contributed by atoms with Crippen LogP contribution in [-0.4, -0.2) is 6.54 Å². The van der Waals surface area contributed by atoms with Crippen molar-refractivity contribution in [3.63, 3.8) is 0 Å². The highest BCUT2D eigenvalue weighted by Gasteiger charge is 2.38. The van der Waals surface area contributed by atoms with E-state index in [9.17, 15) is 17.6 Å². The van der Waals surface area contributed by atoms with Crippen molar-refractivity contribution in [3.8, 4) is 0 Å². The molecular weight excluding hydrogens is 246 g/mol. The summed E-state index contributed by atoms with van der Waals surface area (Å²) in [6, 6.07) is 3.19. The van der Waals surface area contributed by atoms with E-state index < -0.39 is 17.6 Å². The zero-order valence-electron chi connectivity index (χ0n) is 9.86. The van der Waals surface area contributed by atoms with E-state index in [1.165, 1.54) is 6.07 Å². The zero-order chi connectivity index (χ0) is 13.4. The van der Waals surface area contributed by atoms with Gasteiger partial charge in [0.2, 0.25) is 0 Å². The number of alkyl halides is 3. The van der Waals surface area contributed by atoms with Gasteiger partial charge in [-0.15, -0.1) is 0 Å². The maximum absolute atomic E-state index is 13.5. The molecule has 1 fully saturated rings. The lowest BCUT2D eigenvalue weighted by atomic mass is 9.78. The van der Waals surface area contributed by atoms with E-state index in [4.69, 9.17) is 5.73 Å². The highest BCUT2D eigenvalue weighted by Crippen LogP contribution is 2.41. The maximum Gasteiger partial charge on any atom is 0.419 e. The molecule has 1 aromatic carbocycles. The van der Waals surface area contributed by atoms with Gasteiger partial charge in [0.05, 0.1) is 5.56 Å². The van der Waals surface area contributed by atoms with Gasteiger partial charge >= 0.3 is 6.18 Å². The lowest BCUT2D eigenvalue weighted by molar-refractivity contribution is -0.140. The Kier molecular flexibility index (Phi) is 3.36. The van der Waals surface area contributed by atoms with Crippen LogP contribution in [0.5, 0.6) is 0 Å². The van der Waals surface area contributed by atoms with Crippen LogP contribution >= 0.6 is 0 Å². The first-order chi connectivity index (χ1) is 8.39. The van der Waals surface area contributed by atoms with Crippen LogP contribution in [0.25, 0.3) is 0 Å². The largest absolute Gasteiger partial charge is 0.419 e. The summed E-state index contributed by atoms with van der Waals surface area (Å²) in [7, 11) is 0. The molecule has 0 aromatic heterocycles. The summed E-state index contributed by atoms with van der Waals surface area (Å²) in [6.45, 7) is 0.345. The molecule has 1 aromatic rings. The topological polar surface area (TPSA) is 26.0 Å². The molecule has 2 rings (SSSR count). The lowest BCUT2D eigenvalue weighted by Gasteiger charge is -2.28. The summed E-state index contributed by atoms with van der Waals surface area (Å²) >= 11 is 0. The van der Waals surface area contributed by atoms with Crippen molar-refractivity contribution in [2.45, 2.75) is 37.3 Å². The number of hydrogen-bond acceptors (Lipinski definition) is 1. The molecule has 2 N–H and O–H groups in total. The minimum Gasteiger partial charge on any atom is -0.330 e. The third kappa shape index (κ3) is 2.23. The van der Waals surface area contributed by atoms with Crippen molar-refractivity contribution in [1.82, 2.24) is 0 Å². The second-order valence-electron chi connectivity index (χ2n) is 4.88. The van der Waals surface area contributed by atoms with Gasteiger partial charge in [0.15, 0.2) is 0 Å². The molecule has 0 aliphatic heterocycles. The standard InChI is InChI=1S/C13H15F4N/c14-11-7-9(3-4-10(11)13(15,16)17)12(8-18)5-1-2-6-12/h3-4,7H,1-2,5-6,8,18H2. The first-order valence-corrected chi connectivity index (χ1v) is 5.96. The zero-order valence-corrected chi connectivity index (χ0v) is 9.86. The number of nitrogens with two attached hydrogens (primary N) is 1. The van der Waals surface area contributed by atoms with Gasteiger partial charge < -0.3 is 5.73 Å². The molecule has 1 aliphatic carbocycles. The van der Waals surface area contributed by atoms with E-state index in [1.807, 2.05) is 0 Å². The second-order valence-corrected chi connectivity index (χ2v) is 4.88. The summed E-state index contributed by atoms with van der Waals surface area (Å²) in [5.74, 6) is -1.21. The molecule has 100 valence electrons.